The zero-order valence-corrected chi connectivity index (χ0v) is 10.5. The van der Waals surface area contributed by atoms with Crippen molar-refractivity contribution in [3.05, 3.63) is 42.1 Å². The second kappa shape index (κ2) is 5.60. The Labute approximate surface area is 106 Å². The number of carbonyl (C=O) groups excluding carboxylic acids is 1. The highest BCUT2D eigenvalue weighted by Gasteiger charge is 2.14. The van der Waals surface area contributed by atoms with E-state index in [4.69, 9.17) is 5.73 Å². The highest BCUT2D eigenvalue weighted by molar-refractivity contribution is 6.05. The summed E-state index contributed by atoms with van der Waals surface area (Å²) >= 11 is 0. The molecule has 1 amide bonds. The van der Waals surface area contributed by atoms with Crippen LogP contribution >= 0.6 is 0 Å². The Kier molecular flexibility index (Phi) is 3.89. The number of pyridine rings is 1. The van der Waals surface area contributed by atoms with Crippen LogP contribution in [0.25, 0.3) is 10.9 Å². The van der Waals surface area contributed by atoms with Gasteiger partial charge in [0, 0.05) is 25.2 Å². The van der Waals surface area contributed by atoms with Crippen LogP contribution in [0.15, 0.2) is 36.5 Å². The number of benzene rings is 1. The number of hydrogen-bond acceptors (Lipinski definition) is 3. The van der Waals surface area contributed by atoms with Gasteiger partial charge in [-0.1, -0.05) is 18.2 Å². The van der Waals surface area contributed by atoms with Crippen molar-refractivity contribution in [3.8, 4) is 0 Å². The Morgan fingerprint density at radius 3 is 2.89 bits per heavy atom. The van der Waals surface area contributed by atoms with Crippen LogP contribution in [0.1, 0.15) is 16.8 Å². The van der Waals surface area contributed by atoms with Gasteiger partial charge in [0.15, 0.2) is 0 Å². The average molecular weight is 243 g/mol. The van der Waals surface area contributed by atoms with E-state index in [0.717, 1.165) is 17.3 Å². The molecule has 0 bridgehead atoms. The first kappa shape index (κ1) is 12.5. The number of hydrogen-bond donors (Lipinski definition) is 1. The van der Waals surface area contributed by atoms with Gasteiger partial charge in [-0.05, 0) is 25.1 Å². The van der Waals surface area contributed by atoms with Gasteiger partial charge in [0.1, 0.15) is 0 Å². The van der Waals surface area contributed by atoms with Crippen molar-refractivity contribution in [2.45, 2.75) is 6.42 Å². The summed E-state index contributed by atoms with van der Waals surface area (Å²) in [5.41, 5.74) is 6.86. The molecule has 0 aliphatic rings. The van der Waals surface area contributed by atoms with Crippen molar-refractivity contribution < 1.29 is 4.79 Å². The Morgan fingerprint density at radius 1 is 1.33 bits per heavy atom. The third kappa shape index (κ3) is 2.49. The lowest BCUT2D eigenvalue weighted by Gasteiger charge is -2.17. The normalized spacial score (nSPS) is 10.6. The van der Waals surface area contributed by atoms with Crippen LogP contribution in [0.5, 0.6) is 0 Å². The monoisotopic (exact) mass is 243 g/mol. The SMILES string of the molecule is CN(CCCN)C(=O)c1cccc2cccnc12. The number of fused-ring (bicyclic) bond motifs is 1. The van der Waals surface area contributed by atoms with E-state index in [-0.39, 0.29) is 5.91 Å². The Hall–Kier alpha value is -1.94. The van der Waals surface area contributed by atoms with Gasteiger partial charge >= 0.3 is 0 Å². The summed E-state index contributed by atoms with van der Waals surface area (Å²) < 4.78 is 0. The quantitative estimate of drug-likeness (QED) is 0.888. The molecule has 1 aromatic carbocycles. The topological polar surface area (TPSA) is 59.2 Å². The first-order valence-corrected chi connectivity index (χ1v) is 6.03. The summed E-state index contributed by atoms with van der Waals surface area (Å²) in [6.45, 7) is 1.25. The molecule has 0 saturated heterocycles. The van der Waals surface area contributed by atoms with Crippen LogP contribution in [0.3, 0.4) is 0 Å². The number of para-hydroxylation sites is 1. The molecule has 0 aliphatic carbocycles. The molecule has 0 aliphatic heterocycles. The zero-order valence-electron chi connectivity index (χ0n) is 10.5. The molecule has 0 radical (unpaired) electrons. The predicted molar refractivity (Wildman–Crippen MR) is 72.4 cm³/mol. The Balaban J connectivity index is 2.33. The van der Waals surface area contributed by atoms with Gasteiger partial charge < -0.3 is 10.6 Å². The summed E-state index contributed by atoms with van der Waals surface area (Å²) in [6, 6.07) is 9.48. The number of nitrogens with zero attached hydrogens (tertiary/aromatic N) is 2. The number of rotatable bonds is 4. The fourth-order valence-corrected chi connectivity index (χ4v) is 1.91. The maximum absolute atomic E-state index is 12.3. The molecule has 0 saturated carbocycles. The number of amides is 1. The summed E-state index contributed by atoms with van der Waals surface area (Å²) in [5.74, 6) is -0.00671. The van der Waals surface area contributed by atoms with Gasteiger partial charge in [0.2, 0.25) is 0 Å². The Morgan fingerprint density at radius 2 is 2.11 bits per heavy atom. The van der Waals surface area contributed by atoms with Crippen molar-refractivity contribution in [2.75, 3.05) is 20.1 Å². The van der Waals surface area contributed by atoms with Crippen LogP contribution in [-0.2, 0) is 0 Å². The number of aromatic nitrogens is 1. The first-order chi connectivity index (χ1) is 8.74. The van der Waals surface area contributed by atoms with Crippen LogP contribution < -0.4 is 5.73 Å². The molecular formula is C14H17N3O. The standard InChI is InChI=1S/C14H17N3O/c1-17(10-4-8-15)14(18)12-7-2-5-11-6-3-9-16-13(11)12/h2-3,5-7,9H,4,8,10,15H2,1H3. The van der Waals surface area contributed by atoms with E-state index < -0.39 is 0 Å². The summed E-state index contributed by atoms with van der Waals surface area (Å²) in [7, 11) is 1.79. The minimum atomic E-state index is -0.00671. The smallest absolute Gasteiger partial charge is 0.255 e. The average Bonchev–Trinajstić information content (AvgIpc) is 2.43. The summed E-state index contributed by atoms with van der Waals surface area (Å²) in [4.78, 5) is 18.3. The summed E-state index contributed by atoms with van der Waals surface area (Å²) in [6.07, 6.45) is 2.51. The van der Waals surface area contributed by atoms with Gasteiger partial charge in [-0.15, -0.1) is 0 Å². The number of nitrogens with two attached hydrogens (primary N) is 1. The zero-order chi connectivity index (χ0) is 13.0. The maximum atomic E-state index is 12.3. The largest absolute Gasteiger partial charge is 0.342 e. The lowest BCUT2D eigenvalue weighted by Crippen LogP contribution is -2.29. The molecule has 0 spiro atoms. The van der Waals surface area contributed by atoms with E-state index in [9.17, 15) is 4.79 Å². The van der Waals surface area contributed by atoms with Crippen molar-refractivity contribution in [1.82, 2.24) is 9.88 Å². The highest BCUT2D eigenvalue weighted by atomic mass is 16.2. The minimum Gasteiger partial charge on any atom is -0.342 e. The molecule has 2 N–H and O–H groups in total. The molecule has 4 heteroatoms. The van der Waals surface area contributed by atoms with E-state index in [1.807, 2.05) is 30.3 Å². The minimum absolute atomic E-state index is 0.00671. The van der Waals surface area contributed by atoms with Gasteiger partial charge in [-0.25, -0.2) is 0 Å². The lowest BCUT2D eigenvalue weighted by atomic mass is 10.1. The molecule has 0 unspecified atom stereocenters. The van der Waals surface area contributed by atoms with Crippen molar-refractivity contribution in [1.29, 1.82) is 0 Å². The summed E-state index contributed by atoms with van der Waals surface area (Å²) in [5, 5.41) is 0.982. The second-order valence-corrected chi connectivity index (χ2v) is 4.25. The molecule has 1 heterocycles. The molecular weight excluding hydrogens is 226 g/mol. The maximum Gasteiger partial charge on any atom is 0.255 e. The molecule has 94 valence electrons. The van der Waals surface area contributed by atoms with Gasteiger partial charge in [0.05, 0.1) is 11.1 Å². The first-order valence-electron chi connectivity index (χ1n) is 6.03. The van der Waals surface area contributed by atoms with Crippen LogP contribution in [0.2, 0.25) is 0 Å². The van der Waals surface area contributed by atoms with Crippen LogP contribution in [0, 0.1) is 0 Å². The lowest BCUT2D eigenvalue weighted by molar-refractivity contribution is 0.0796. The molecule has 1 aromatic heterocycles. The second-order valence-electron chi connectivity index (χ2n) is 4.25. The third-order valence-corrected chi connectivity index (χ3v) is 2.91. The number of carbonyl (C=O) groups is 1. The van der Waals surface area contributed by atoms with E-state index >= 15 is 0 Å². The molecule has 18 heavy (non-hydrogen) atoms. The van der Waals surface area contributed by atoms with Crippen LogP contribution in [0.4, 0.5) is 0 Å². The van der Waals surface area contributed by atoms with E-state index in [1.165, 1.54) is 0 Å². The van der Waals surface area contributed by atoms with Gasteiger partial charge in [0.25, 0.3) is 5.91 Å². The van der Waals surface area contributed by atoms with Crippen LogP contribution in [-0.4, -0.2) is 35.9 Å². The van der Waals surface area contributed by atoms with Gasteiger partial charge in [-0.2, -0.15) is 0 Å². The molecule has 0 atom stereocenters. The fraction of sp³-hybridized carbons (Fsp3) is 0.286. The van der Waals surface area contributed by atoms with Crippen molar-refractivity contribution in [3.63, 3.8) is 0 Å². The van der Waals surface area contributed by atoms with E-state index in [1.54, 1.807) is 18.1 Å². The van der Waals surface area contributed by atoms with Crippen molar-refractivity contribution in [2.24, 2.45) is 5.73 Å². The molecule has 2 aromatic rings. The Bertz CT molecular complexity index is 548. The molecule has 2 rings (SSSR count). The third-order valence-electron chi connectivity index (χ3n) is 2.91. The highest BCUT2D eigenvalue weighted by Crippen LogP contribution is 2.17. The van der Waals surface area contributed by atoms with E-state index in [0.29, 0.717) is 18.7 Å². The van der Waals surface area contributed by atoms with E-state index in [2.05, 4.69) is 4.98 Å². The van der Waals surface area contributed by atoms with Gasteiger partial charge in [-0.3, -0.25) is 9.78 Å². The molecule has 0 fully saturated rings. The van der Waals surface area contributed by atoms with Crippen molar-refractivity contribution >= 4 is 16.8 Å². The molecule has 4 nitrogen and oxygen atoms in total. The fourth-order valence-electron chi connectivity index (χ4n) is 1.91. The predicted octanol–water partition coefficient (Wildman–Crippen LogP) is 1.66.